The minimum absolute atomic E-state index is 0.110. The average molecular weight is 375 g/mol. The van der Waals surface area contributed by atoms with E-state index in [1.54, 1.807) is 23.1 Å². The minimum atomic E-state index is -0.639. The highest BCUT2D eigenvalue weighted by atomic mass is 32.1. The Morgan fingerprint density at radius 2 is 2.27 bits per heavy atom. The molecule has 0 bridgehead atoms. The molecule has 138 valence electrons. The van der Waals surface area contributed by atoms with Gasteiger partial charge in [-0.1, -0.05) is 12.1 Å². The third-order valence-corrected chi connectivity index (χ3v) is 5.19. The number of pyridine rings is 1. The zero-order valence-corrected chi connectivity index (χ0v) is 15.0. The first-order chi connectivity index (χ1) is 12.6. The first kappa shape index (κ1) is 18.5. The van der Waals surface area contributed by atoms with E-state index >= 15 is 0 Å². The Morgan fingerprint density at radius 1 is 1.38 bits per heavy atom. The molecule has 2 amide bonds. The van der Waals surface area contributed by atoms with Crippen molar-refractivity contribution < 1.29 is 19.4 Å². The van der Waals surface area contributed by atoms with Gasteiger partial charge in [0, 0.05) is 24.0 Å². The number of amides is 2. The van der Waals surface area contributed by atoms with E-state index in [0.717, 1.165) is 4.88 Å². The van der Waals surface area contributed by atoms with E-state index in [-0.39, 0.29) is 30.1 Å². The van der Waals surface area contributed by atoms with Gasteiger partial charge in [-0.2, -0.15) is 0 Å². The fourth-order valence-electron chi connectivity index (χ4n) is 2.88. The maximum absolute atomic E-state index is 12.6. The van der Waals surface area contributed by atoms with Crippen LogP contribution in [0.3, 0.4) is 0 Å². The quantitative estimate of drug-likeness (QED) is 0.792. The van der Waals surface area contributed by atoms with Crippen LogP contribution in [-0.2, 0) is 9.53 Å². The standard InChI is InChI=1S/C18H21N3O4S/c22-15(16-5-3-9-26-16)10-13-12-25-8-7-21(13)17(23)11-20-18(24)14-4-1-2-6-19-14/h1-6,9,13,15,22H,7-8,10-12H2,(H,20,24)/t13-,15+/m0/s1. The van der Waals surface area contributed by atoms with Crippen molar-refractivity contribution in [2.45, 2.75) is 18.6 Å². The van der Waals surface area contributed by atoms with Gasteiger partial charge in [-0.15, -0.1) is 11.3 Å². The largest absolute Gasteiger partial charge is 0.387 e. The lowest BCUT2D eigenvalue weighted by Gasteiger charge is -2.36. The summed E-state index contributed by atoms with van der Waals surface area (Å²) in [7, 11) is 0. The summed E-state index contributed by atoms with van der Waals surface area (Å²) in [4.78, 5) is 31.1. The van der Waals surface area contributed by atoms with E-state index in [2.05, 4.69) is 10.3 Å². The second-order valence-corrected chi connectivity index (χ2v) is 6.96. The molecule has 8 heteroatoms. The summed E-state index contributed by atoms with van der Waals surface area (Å²) in [6.45, 7) is 1.16. The molecule has 0 unspecified atom stereocenters. The zero-order valence-electron chi connectivity index (χ0n) is 14.2. The van der Waals surface area contributed by atoms with Crippen LogP contribution in [0.2, 0.25) is 0 Å². The van der Waals surface area contributed by atoms with Crippen LogP contribution < -0.4 is 5.32 Å². The summed E-state index contributed by atoms with van der Waals surface area (Å²) < 4.78 is 5.48. The molecular formula is C18H21N3O4S. The topological polar surface area (TPSA) is 91.8 Å². The van der Waals surface area contributed by atoms with Gasteiger partial charge in [0.25, 0.3) is 5.91 Å². The van der Waals surface area contributed by atoms with Crippen LogP contribution in [0.5, 0.6) is 0 Å². The number of aliphatic hydroxyl groups excluding tert-OH is 1. The predicted octanol–water partition coefficient (Wildman–Crippen LogP) is 1.22. The molecule has 0 spiro atoms. The van der Waals surface area contributed by atoms with Crippen LogP contribution in [0.15, 0.2) is 41.9 Å². The maximum atomic E-state index is 12.6. The van der Waals surface area contributed by atoms with Crippen molar-refractivity contribution in [2.24, 2.45) is 0 Å². The van der Waals surface area contributed by atoms with Crippen molar-refractivity contribution in [1.29, 1.82) is 0 Å². The number of aromatic nitrogens is 1. The van der Waals surface area contributed by atoms with Crippen molar-refractivity contribution in [3.63, 3.8) is 0 Å². The molecule has 1 aliphatic rings. The Labute approximate surface area is 155 Å². The van der Waals surface area contributed by atoms with E-state index in [4.69, 9.17) is 4.74 Å². The SMILES string of the molecule is O=C(NCC(=O)N1CCOC[C@@H]1C[C@@H](O)c1cccs1)c1ccccn1. The van der Waals surface area contributed by atoms with Crippen LogP contribution in [0.25, 0.3) is 0 Å². The van der Waals surface area contributed by atoms with Crippen molar-refractivity contribution in [3.8, 4) is 0 Å². The Kier molecular flexibility index (Phi) is 6.32. The van der Waals surface area contributed by atoms with Gasteiger partial charge in [-0.3, -0.25) is 14.6 Å². The summed E-state index contributed by atoms with van der Waals surface area (Å²) in [6.07, 6.45) is 1.29. The lowest BCUT2D eigenvalue weighted by Crippen LogP contribution is -2.52. The molecule has 1 fully saturated rings. The van der Waals surface area contributed by atoms with E-state index < -0.39 is 6.10 Å². The monoisotopic (exact) mass is 375 g/mol. The zero-order chi connectivity index (χ0) is 18.4. The van der Waals surface area contributed by atoms with Gasteiger partial charge < -0.3 is 20.1 Å². The van der Waals surface area contributed by atoms with Crippen molar-refractivity contribution >= 4 is 23.2 Å². The van der Waals surface area contributed by atoms with E-state index in [1.165, 1.54) is 17.5 Å². The fraction of sp³-hybridized carbons (Fsp3) is 0.389. The molecule has 2 N–H and O–H groups in total. The predicted molar refractivity (Wildman–Crippen MR) is 96.8 cm³/mol. The Balaban J connectivity index is 1.56. The highest BCUT2D eigenvalue weighted by Crippen LogP contribution is 2.25. The summed E-state index contributed by atoms with van der Waals surface area (Å²) in [5.41, 5.74) is 0.270. The highest BCUT2D eigenvalue weighted by molar-refractivity contribution is 7.10. The second-order valence-electron chi connectivity index (χ2n) is 5.98. The second kappa shape index (κ2) is 8.88. The van der Waals surface area contributed by atoms with E-state index in [0.29, 0.717) is 26.2 Å². The number of hydrogen-bond donors (Lipinski definition) is 2. The van der Waals surface area contributed by atoms with E-state index in [1.807, 2.05) is 17.5 Å². The Bertz CT molecular complexity index is 723. The number of thiophene rings is 1. The molecule has 2 aromatic heterocycles. The average Bonchev–Trinajstić information content (AvgIpc) is 3.22. The normalized spacial score (nSPS) is 18.3. The van der Waals surface area contributed by atoms with Gasteiger partial charge in [0.1, 0.15) is 5.69 Å². The lowest BCUT2D eigenvalue weighted by atomic mass is 10.1. The third kappa shape index (κ3) is 4.66. The van der Waals surface area contributed by atoms with Gasteiger partial charge in [0.15, 0.2) is 0 Å². The molecule has 0 aliphatic carbocycles. The Morgan fingerprint density at radius 3 is 3.00 bits per heavy atom. The van der Waals surface area contributed by atoms with Crippen molar-refractivity contribution in [3.05, 3.63) is 52.5 Å². The van der Waals surface area contributed by atoms with Crippen LogP contribution in [-0.4, -0.2) is 59.1 Å². The molecule has 0 aromatic carbocycles. The summed E-state index contributed by atoms with van der Waals surface area (Å²) in [5, 5.41) is 14.9. The van der Waals surface area contributed by atoms with Crippen LogP contribution in [0.4, 0.5) is 0 Å². The Hall–Kier alpha value is -2.29. The van der Waals surface area contributed by atoms with Crippen LogP contribution >= 0.6 is 11.3 Å². The molecule has 2 atom stereocenters. The molecule has 7 nitrogen and oxygen atoms in total. The number of hydrogen-bond acceptors (Lipinski definition) is 6. The molecule has 1 saturated heterocycles. The van der Waals surface area contributed by atoms with Gasteiger partial charge in [-0.05, 0) is 23.6 Å². The molecule has 0 radical (unpaired) electrons. The van der Waals surface area contributed by atoms with Crippen molar-refractivity contribution in [1.82, 2.24) is 15.2 Å². The lowest BCUT2D eigenvalue weighted by molar-refractivity contribution is -0.140. The third-order valence-electron chi connectivity index (χ3n) is 4.21. The molecule has 0 saturated carbocycles. The number of nitrogens with zero attached hydrogens (tertiary/aromatic N) is 2. The van der Waals surface area contributed by atoms with Gasteiger partial charge >= 0.3 is 0 Å². The summed E-state index contributed by atoms with van der Waals surface area (Å²) in [5.74, 6) is -0.580. The van der Waals surface area contributed by atoms with Crippen LogP contribution in [0, 0.1) is 0 Å². The number of ether oxygens (including phenoxy) is 1. The molecule has 3 heterocycles. The number of carbonyl (C=O) groups is 2. The number of nitrogens with one attached hydrogen (secondary N) is 1. The minimum Gasteiger partial charge on any atom is -0.387 e. The highest BCUT2D eigenvalue weighted by Gasteiger charge is 2.29. The van der Waals surface area contributed by atoms with Gasteiger partial charge in [0.05, 0.1) is 31.9 Å². The molecule has 1 aliphatic heterocycles. The van der Waals surface area contributed by atoms with Gasteiger partial charge in [0.2, 0.25) is 5.91 Å². The number of carbonyl (C=O) groups excluding carboxylic acids is 2. The smallest absolute Gasteiger partial charge is 0.270 e. The number of aliphatic hydroxyl groups is 1. The van der Waals surface area contributed by atoms with E-state index in [9.17, 15) is 14.7 Å². The fourth-order valence-corrected chi connectivity index (χ4v) is 3.60. The number of morpholine rings is 1. The van der Waals surface area contributed by atoms with Crippen LogP contribution in [0.1, 0.15) is 27.9 Å². The summed E-state index contributed by atoms with van der Waals surface area (Å²) in [6, 6.07) is 8.57. The maximum Gasteiger partial charge on any atom is 0.270 e. The number of rotatable bonds is 6. The first-order valence-corrected chi connectivity index (χ1v) is 9.31. The van der Waals surface area contributed by atoms with Crippen molar-refractivity contribution in [2.75, 3.05) is 26.3 Å². The molecular weight excluding hydrogens is 354 g/mol. The van der Waals surface area contributed by atoms with Gasteiger partial charge in [-0.25, -0.2) is 0 Å². The molecule has 26 heavy (non-hydrogen) atoms. The first-order valence-electron chi connectivity index (χ1n) is 8.43. The molecule has 3 rings (SSSR count). The summed E-state index contributed by atoms with van der Waals surface area (Å²) >= 11 is 1.48. The molecule has 2 aromatic rings.